The fourth-order valence-electron chi connectivity index (χ4n) is 3.64. The highest BCUT2D eigenvalue weighted by molar-refractivity contribution is 8.01. The molecule has 0 amide bonds. The van der Waals surface area contributed by atoms with Crippen LogP contribution in [0.5, 0.6) is 5.75 Å². The first-order valence-electron chi connectivity index (χ1n) is 12.0. The van der Waals surface area contributed by atoms with Crippen molar-refractivity contribution in [3.63, 3.8) is 0 Å². The average Bonchev–Trinajstić information content (AvgIpc) is 3.50. The minimum absolute atomic E-state index is 0.250. The standard InChI is InChI=1S/C20H17F6N6O8S6/c1-3-31-13-7-5-11(39-43(33)29-46(37,38)20(23,24)25)9-15(13)41-18(31)27-28-19-32(4-2)14-8-6-12(10-16(14)42-19)44(34,35)30-45(36,40-26)17(21)22/h5-10,17H,3-4H2,1-2H3/q-1. The highest BCUT2D eigenvalue weighted by Gasteiger charge is 2.44. The Morgan fingerprint density at radius 2 is 1.41 bits per heavy atom. The van der Waals surface area contributed by atoms with E-state index in [1.807, 2.05) is 0 Å². The van der Waals surface area contributed by atoms with Crippen molar-refractivity contribution in [2.24, 2.45) is 17.7 Å². The number of nitrogens with zero attached hydrogens (tertiary/aromatic N) is 6. The molecule has 0 aliphatic rings. The fourth-order valence-corrected chi connectivity index (χ4v) is 9.60. The van der Waals surface area contributed by atoms with Crippen molar-refractivity contribution in [1.29, 1.82) is 0 Å². The molecule has 0 saturated carbocycles. The number of rotatable bonds is 10. The Morgan fingerprint density at radius 3 is 1.89 bits per heavy atom. The van der Waals surface area contributed by atoms with Crippen molar-refractivity contribution in [1.82, 2.24) is 9.13 Å². The summed E-state index contributed by atoms with van der Waals surface area (Å²) in [5.74, 6) is -4.30. The third kappa shape index (κ3) is 7.25. The highest BCUT2D eigenvalue weighted by Crippen LogP contribution is 2.28. The van der Waals surface area contributed by atoms with Crippen LogP contribution in [-0.2, 0) is 62.6 Å². The first kappa shape index (κ1) is 35.8. The van der Waals surface area contributed by atoms with Crippen molar-refractivity contribution >= 4 is 84.0 Å². The first-order chi connectivity index (χ1) is 21.4. The van der Waals surface area contributed by atoms with Crippen LogP contribution in [0.25, 0.3) is 20.4 Å². The topological polar surface area (TPSA) is 180 Å². The number of thiazole rings is 2. The van der Waals surface area contributed by atoms with Gasteiger partial charge in [-0.2, -0.15) is 38.8 Å². The Kier molecular flexibility index (Phi) is 10.3. The summed E-state index contributed by atoms with van der Waals surface area (Å²) >= 11 is 1.97. The Bertz CT molecular complexity index is 2400. The van der Waals surface area contributed by atoms with Crippen molar-refractivity contribution in [3.05, 3.63) is 46.0 Å². The maximum Gasteiger partial charge on any atom is 0.516 e. The smallest absolute Gasteiger partial charge is 0.516 e. The number of alkyl halides is 5. The van der Waals surface area contributed by atoms with E-state index in [4.69, 9.17) is 4.18 Å². The molecule has 46 heavy (non-hydrogen) atoms. The second-order valence-corrected chi connectivity index (χ2v) is 16.6. The molecule has 4 aromatic rings. The normalized spacial score (nSPS) is 16.0. The van der Waals surface area contributed by atoms with Crippen LogP contribution < -0.4 is 13.8 Å². The Morgan fingerprint density at radius 1 is 0.891 bits per heavy atom. The van der Waals surface area contributed by atoms with E-state index < -0.39 is 57.1 Å². The minimum atomic E-state index is -6.06. The average molecular weight is 776 g/mol. The van der Waals surface area contributed by atoms with E-state index in [-0.39, 0.29) is 15.3 Å². The van der Waals surface area contributed by atoms with Crippen LogP contribution in [0, 0.1) is 0 Å². The number of hydrogen-bond acceptors (Lipinski definition) is 13. The predicted octanol–water partition coefficient (Wildman–Crippen LogP) is 4.66. The van der Waals surface area contributed by atoms with Crippen LogP contribution in [0.15, 0.2) is 59.0 Å². The van der Waals surface area contributed by atoms with E-state index in [1.54, 1.807) is 23.0 Å². The minimum Gasteiger partial charge on any atom is -0.546 e. The number of benzene rings is 2. The third-order valence-electron chi connectivity index (χ3n) is 5.60. The van der Waals surface area contributed by atoms with E-state index in [1.165, 1.54) is 24.3 Å². The van der Waals surface area contributed by atoms with Gasteiger partial charge in [-0.25, -0.2) is 7.98 Å². The summed E-state index contributed by atoms with van der Waals surface area (Å²) in [6.45, 7) is 4.18. The summed E-state index contributed by atoms with van der Waals surface area (Å²) in [4.78, 5) is -0.121. The number of aryl methyl sites for hydroxylation is 2. The molecule has 1 atom stereocenters. The van der Waals surface area contributed by atoms with E-state index >= 15 is 0 Å². The van der Waals surface area contributed by atoms with Gasteiger partial charge < -0.3 is 17.5 Å². The van der Waals surface area contributed by atoms with Crippen LogP contribution >= 0.6 is 22.7 Å². The molecule has 1 unspecified atom stereocenters. The van der Waals surface area contributed by atoms with E-state index in [0.29, 0.717) is 33.6 Å². The molecule has 0 radical (unpaired) electrons. The lowest BCUT2D eigenvalue weighted by atomic mass is 10.3. The summed E-state index contributed by atoms with van der Waals surface area (Å²) in [7, 11) is -19.8. The van der Waals surface area contributed by atoms with Crippen LogP contribution in [0.1, 0.15) is 13.8 Å². The lowest BCUT2D eigenvalue weighted by Crippen LogP contribution is -2.21. The molecule has 0 aliphatic heterocycles. The molecular formula is C20H17F6N6O8S6-. The molecule has 0 N–H and O–H groups in total. The van der Waals surface area contributed by atoms with Gasteiger partial charge in [0.05, 0.1) is 25.3 Å². The van der Waals surface area contributed by atoms with Gasteiger partial charge in [0.1, 0.15) is 5.75 Å². The highest BCUT2D eigenvalue weighted by atomic mass is 32.3. The maximum atomic E-state index is 12.9. The number of hydrogen-bond donors (Lipinski definition) is 0. The van der Waals surface area contributed by atoms with Crippen molar-refractivity contribution in [3.8, 4) is 5.75 Å². The molecule has 0 aliphatic carbocycles. The summed E-state index contributed by atoms with van der Waals surface area (Å²) in [6, 6.07) is 7.29. The SMILES string of the molecule is CCn1c(=NN=c2sc3cc(S(=O)(=O)N=S(=O)(OF)C(F)F)ccc3n2CC)sc2cc(O[S-](=O)=NS(=O)(=O)C(F)(F)F)ccc21. The van der Waals surface area contributed by atoms with Crippen molar-refractivity contribution in [2.45, 2.75) is 43.1 Å². The van der Waals surface area contributed by atoms with Gasteiger partial charge in [0.2, 0.25) is 9.60 Å². The number of aromatic nitrogens is 2. The quantitative estimate of drug-likeness (QED) is 0.127. The number of fused-ring (bicyclic) bond motifs is 2. The molecular weight excluding hydrogens is 759 g/mol. The van der Waals surface area contributed by atoms with E-state index in [2.05, 4.69) is 22.1 Å². The zero-order chi connectivity index (χ0) is 34.2. The van der Waals surface area contributed by atoms with Crippen LogP contribution in [0.4, 0.5) is 26.5 Å². The lowest BCUT2D eigenvalue weighted by molar-refractivity contribution is -0.0434. The summed E-state index contributed by atoms with van der Waals surface area (Å²) in [5.41, 5.74) is -4.76. The largest absolute Gasteiger partial charge is 0.546 e. The van der Waals surface area contributed by atoms with E-state index in [0.717, 1.165) is 34.8 Å². The third-order valence-corrected chi connectivity index (χ3v) is 12.9. The van der Waals surface area contributed by atoms with Gasteiger partial charge in [0, 0.05) is 24.0 Å². The molecule has 2 aromatic carbocycles. The lowest BCUT2D eigenvalue weighted by Gasteiger charge is -2.11. The molecule has 254 valence electrons. The molecule has 0 saturated heterocycles. The molecule has 0 spiro atoms. The Labute approximate surface area is 265 Å². The number of halogens is 6. The van der Waals surface area contributed by atoms with Crippen LogP contribution in [-0.4, -0.2) is 41.4 Å². The molecule has 26 heteroatoms. The summed E-state index contributed by atoms with van der Waals surface area (Å²) < 4.78 is 163. The predicted molar refractivity (Wildman–Crippen MR) is 154 cm³/mol. The molecule has 4 rings (SSSR count). The molecule has 2 aromatic heterocycles. The Balaban J connectivity index is 1.78. The van der Waals surface area contributed by atoms with Crippen molar-refractivity contribution in [2.75, 3.05) is 0 Å². The molecule has 14 nitrogen and oxygen atoms in total. The second-order valence-electron chi connectivity index (χ2n) is 8.40. The molecule has 0 bridgehead atoms. The summed E-state index contributed by atoms with van der Waals surface area (Å²) in [6.07, 6.45) is 0. The molecule has 0 fully saturated rings. The second kappa shape index (κ2) is 13.2. The van der Waals surface area contributed by atoms with Crippen LogP contribution in [0.3, 0.4) is 0 Å². The first-order valence-corrected chi connectivity index (χ1v) is 19.0. The van der Waals surface area contributed by atoms with E-state index in [9.17, 15) is 51.7 Å². The zero-order valence-corrected chi connectivity index (χ0v) is 27.5. The van der Waals surface area contributed by atoms with Gasteiger partial charge in [0.25, 0.3) is 20.0 Å². The van der Waals surface area contributed by atoms with Gasteiger partial charge in [-0.05, 0) is 54.8 Å². The fraction of sp³-hybridized carbons (Fsp3) is 0.300. The van der Waals surface area contributed by atoms with Gasteiger partial charge in [0.15, 0.2) is 0 Å². The maximum absolute atomic E-state index is 12.9. The van der Waals surface area contributed by atoms with Gasteiger partial charge in [-0.1, -0.05) is 30.8 Å². The Hall–Kier alpha value is -3.04. The van der Waals surface area contributed by atoms with Gasteiger partial charge >= 0.3 is 21.3 Å². The van der Waals surface area contributed by atoms with Crippen LogP contribution in [0.2, 0.25) is 0 Å². The van der Waals surface area contributed by atoms with Gasteiger partial charge in [-0.3, -0.25) is 0 Å². The summed E-state index contributed by atoms with van der Waals surface area (Å²) in [5, 5.41) is 8.51. The molecule has 2 heterocycles. The van der Waals surface area contributed by atoms with Gasteiger partial charge in [-0.15, -0.1) is 10.2 Å². The number of sulfonamides is 2. The zero-order valence-electron chi connectivity index (χ0n) is 22.6. The monoisotopic (exact) mass is 775 g/mol. The van der Waals surface area contributed by atoms with Crippen molar-refractivity contribution < 1.29 is 60.3 Å².